The van der Waals surface area contributed by atoms with E-state index in [2.05, 4.69) is 15.4 Å². The Labute approximate surface area is 151 Å². The number of amides is 1. The number of anilines is 1. The van der Waals surface area contributed by atoms with E-state index in [9.17, 15) is 22.8 Å². The molecule has 2 N–H and O–H groups in total. The van der Waals surface area contributed by atoms with Crippen molar-refractivity contribution >= 4 is 17.6 Å². The van der Waals surface area contributed by atoms with E-state index >= 15 is 0 Å². The maximum absolute atomic E-state index is 13.0. The molecular formula is C16H16F3N5O3. The lowest BCUT2D eigenvalue weighted by atomic mass is 10.1. The van der Waals surface area contributed by atoms with Gasteiger partial charge in [-0.15, -0.1) is 0 Å². The Hall–Kier alpha value is -2.95. The van der Waals surface area contributed by atoms with Crippen molar-refractivity contribution in [1.29, 1.82) is 0 Å². The number of hydrogen-bond acceptors (Lipinski definition) is 5. The van der Waals surface area contributed by atoms with Crippen LogP contribution in [0.4, 0.5) is 18.9 Å². The van der Waals surface area contributed by atoms with Gasteiger partial charge in [0.05, 0.1) is 29.4 Å². The number of halogens is 3. The summed E-state index contributed by atoms with van der Waals surface area (Å²) in [5.74, 6) is -2.01. The zero-order chi connectivity index (χ0) is 19.6. The number of alkyl halides is 3. The van der Waals surface area contributed by atoms with Crippen LogP contribution < -0.4 is 5.32 Å². The highest BCUT2D eigenvalue weighted by atomic mass is 19.4. The van der Waals surface area contributed by atoms with Crippen molar-refractivity contribution in [2.45, 2.75) is 12.6 Å². The summed E-state index contributed by atoms with van der Waals surface area (Å²) in [7, 11) is 0. The number of carboxylic acid groups (broad SMARTS) is 1. The lowest BCUT2D eigenvalue weighted by Crippen LogP contribution is -2.32. The molecule has 27 heavy (non-hydrogen) atoms. The van der Waals surface area contributed by atoms with Gasteiger partial charge in [0.15, 0.2) is 0 Å². The molecule has 1 fully saturated rings. The van der Waals surface area contributed by atoms with E-state index in [-0.39, 0.29) is 24.5 Å². The molecule has 1 unspecified atom stereocenters. The zero-order valence-corrected chi connectivity index (χ0v) is 14.0. The molecule has 1 atom stereocenters. The number of carboxylic acids is 1. The standard InChI is InChI=1S/C16H16F3N5O3/c17-16(18,19)11-1-2-13(24-9-20-8-21-24)12(5-11)22-14(25)7-23-4-3-10(6-23)15(26)27/h1-2,5,8-10H,3-4,6-7H2,(H,22,25)(H,26,27). The van der Waals surface area contributed by atoms with Gasteiger partial charge in [0, 0.05) is 6.54 Å². The van der Waals surface area contributed by atoms with E-state index in [0.29, 0.717) is 13.0 Å². The topological polar surface area (TPSA) is 100 Å². The molecular weight excluding hydrogens is 367 g/mol. The fraction of sp³-hybridized carbons (Fsp3) is 0.375. The van der Waals surface area contributed by atoms with Gasteiger partial charge in [0.1, 0.15) is 12.7 Å². The van der Waals surface area contributed by atoms with Crippen molar-refractivity contribution < 1.29 is 27.9 Å². The minimum Gasteiger partial charge on any atom is -0.481 e. The lowest BCUT2D eigenvalue weighted by molar-refractivity contribution is -0.141. The van der Waals surface area contributed by atoms with Crippen LogP contribution in [0, 0.1) is 5.92 Å². The summed E-state index contributed by atoms with van der Waals surface area (Å²) in [5.41, 5.74) is -0.734. The van der Waals surface area contributed by atoms with Gasteiger partial charge in [-0.3, -0.25) is 14.5 Å². The molecule has 1 aromatic carbocycles. The first-order valence-electron chi connectivity index (χ1n) is 8.05. The maximum Gasteiger partial charge on any atom is 0.416 e. The number of carbonyl (C=O) groups is 2. The number of nitrogens with zero attached hydrogens (tertiary/aromatic N) is 4. The Bertz CT molecular complexity index is 838. The average molecular weight is 383 g/mol. The summed E-state index contributed by atoms with van der Waals surface area (Å²) in [6, 6.07) is 2.92. The fourth-order valence-corrected chi connectivity index (χ4v) is 2.92. The molecule has 0 spiro atoms. The first-order chi connectivity index (χ1) is 12.7. The smallest absolute Gasteiger partial charge is 0.416 e. The Balaban J connectivity index is 1.78. The fourth-order valence-electron chi connectivity index (χ4n) is 2.92. The van der Waals surface area contributed by atoms with Crippen LogP contribution in [0.3, 0.4) is 0 Å². The molecule has 11 heteroatoms. The van der Waals surface area contributed by atoms with Gasteiger partial charge in [0.25, 0.3) is 0 Å². The van der Waals surface area contributed by atoms with Crippen molar-refractivity contribution in [3.05, 3.63) is 36.4 Å². The van der Waals surface area contributed by atoms with E-state index in [4.69, 9.17) is 5.11 Å². The van der Waals surface area contributed by atoms with Crippen molar-refractivity contribution in [2.24, 2.45) is 5.92 Å². The molecule has 0 bridgehead atoms. The summed E-state index contributed by atoms with van der Waals surface area (Å²) < 4.78 is 40.3. The number of aromatic nitrogens is 3. The van der Waals surface area contributed by atoms with Crippen molar-refractivity contribution in [3.8, 4) is 5.69 Å². The first-order valence-corrected chi connectivity index (χ1v) is 8.05. The molecule has 8 nitrogen and oxygen atoms in total. The minimum atomic E-state index is -4.57. The predicted octanol–water partition coefficient (Wildman–Crippen LogP) is 1.63. The molecule has 1 amide bonds. The third-order valence-corrected chi connectivity index (χ3v) is 4.25. The number of aliphatic carboxylic acids is 1. The van der Waals surface area contributed by atoms with Gasteiger partial charge in [-0.05, 0) is 31.2 Å². The Morgan fingerprint density at radius 1 is 1.33 bits per heavy atom. The zero-order valence-electron chi connectivity index (χ0n) is 14.0. The van der Waals surface area contributed by atoms with Crippen molar-refractivity contribution in [1.82, 2.24) is 19.7 Å². The molecule has 0 aliphatic carbocycles. The molecule has 144 valence electrons. The van der Waals surface area contributed by atoms with Gasteiger partial charge < -0.3 is 10.4 Å². The number of likely N-dealkylation sites (tertiary alicyclic amines) is 1. The van der Waals surface area contributed by atoms with Crippen LogP contribution in [0.2, 0.25) is 0 Å². The highest BCUT2D eigenvalue weighted by Crippen LogP contribution is 2.33. The normalized spacial score (nSPS) is 17.8. The summed E-state index contributed by atoms with van der Waals surface area (Å²) in [5, 5.41) is 15.3. The average Bonchev–Trinajstić information content (AvgIpc) is 3.25. The number of rotatable bonds is 5. The summed E-state index contributed by atoms with van der Waals surface area (Å²) in [4.78, 5) is 28.7. The van der Waals surface area contributed by atoms with Crippen LogP contribution in [0.1, 0.15) is 12.0 Å². The predicted molar refractivity (Wildman–Crippen MR) is 87.2 cm³/mol. The van der Waals surface area contributed by atoms with Crippen molar-refractivity contribution in [3.63, 3.8) is 0 Å². The largest absolute Gasteiger partial charge is 0.481 e. The summed E-state index contributed by atoms with van der Waals surface area (Å²) in [6.07, 6.45) is -1.61. The van der Waals surface area contributed by atoms with E-state index < -0.39 is 29.5 Å². The van der Waals surface area contributed by atoms with Crippen LogP contribution in [0.25, 0.3) is 5.69 Å². The third-order valence-electron chi connectivity index (χ3n) is 4.25. The highest BCUT2D eigenvalue weighted by molar-refractivity contribution is 5.94. The van der Waals surface area contributed by atoms with Gasteiger partial charge in [-0.25, -0.2) is 9.67 Å². The molecule has 1 saturated heterocycles. The van der Waals surface area contributed by atoms with Gasteiger partial charge in [-0.2, -0.15) is 18.3 Å². The van der Waals surface area contributed by atoms with Crippen LogP contribution >= 0.6 is 0 Å². The molecule has 1 aliphatic heterocycles. The first kappa shape index (κ1) is 18.8. The number of carbonyl (C=O) groups excluding carboxylic acids is 1. The van der Waals surface area contributed by atoms with Crippen LogP contribution in [0.15, 0.2) is 30.9 Å². The van der Waals surface area contributed by atoms with E-state index in [0.717, 1.165) is 12.1 Å². The monoisotopic (exact) mass is 383 g/mol. The van der Waals surface area contributed by atoms with Gasteiger partial charge >= 0.3 is 12.1 Å². The van der Waals surface area contributed by atoms with E-state index in [1.165, 1.54) is 23.4 Å². The lowest BCUT2D eigenvalue weighted by Gasteiger charge is -2.17. The molecule has 2 aromatic rings. The third kappa shape index (κ3) is 4.42. The van der Waals surface area contributed by atoms with Gasteiger partial charge in [-0.1, -0.05) is 0 Å². The maximum atomic E-state index is 13.0. The van der Waals surface area contributed by atoms with Crippen LogP contribution in [-0.2, 0) is 15.8 Å². The summed E-state index contributed by atoms with van der Waals surface area (Å²) in [6.45, 7) is 0.543. The quantitative estimate of drug-likeness (QED) is 0.814. The van der Waals surface area contributed by atoms with E-state index in [1.807, 2.05) is 0 Å². The molecule has 0 saturated carbocycles. The molecule has 2 heterocycles. The molecule has 1 aromatic heterocycles. The Kier molecular flexibility index (Phi) is 5.13. The SMILES string of the molecule is O=C(CN1CCC(C(=O)O)C1)Nc1cc(C(F)(F)F)ccc1-n1cncn1. The van der Waals surface area contributed by atoms with Gasteiger partial charge in [0.2, 0.25) is 5.91 Å². The summed E-state index contributed by atoms with van der Waals surface area (Å²) >= 11 is 0. The second-order valence-electron chi connectivity index (χ2n) is 6.18. The second kappa shape index (κ2) is 7.35. The highest BCUT2D eigenvalue weighted by Gasteiger charge is 2.32. The molecule has 3 rings (SSSR count). The van der Waals surface area contributed by atoms with Crippen LogP contribution in [0.5, 0.6) is 0 Å². The number of hydrogen-bond donors (Lipinski definition) is 2. The van der Waals surface area contributed by atoms with Crippen LogP contribution in [-0.4, -0.2) is 56.3 Å². The Morgan fingerprint density at radius 3 is 2.70 bits per heavy atom. The molecule has 1 aliphatic rings. The Morgan fingerprint density at radius 2 is 2.11 bits per heavy atom. The second-order valence-corrected chi connectivity index (χ2v) is 6.18. The van der Waals surface area contributed by atoms with E-state index in [1.54, 1.807) is 4.90 Å². The number of nitrogens with one attached hydrogen (secondary N) is 1. The minimum absolute atomic E-state index is 0.0608. The number of benzene rings is 1. The molecule has 0 radical (unpaired) electrons. The van der Waals surface area contributed by atoms with Crippen molar-refractivity contribution in [2.75, 3.05) is 25.0 Å².